The minimum absolute atomic E-state index is 0.0566. The molecule has 4 heteroatoms. The van der Waals surface area contributed by atoms with Crippen molar-refractivity contribution in [2.24, 2.45) is 0 Å². The van der Waals surface area contributed by atoms with Gasteiger partial charge in [-0.3, -0.25) is 9.48 Å². The van der Waals surface area contributed by atoms with Crippen LogP contribution < -0.4 is 0 Å². The number of hydrogen-bond acceptors (Lipinski definition) is 3. The summed E-state index contributed by atoms with van der Waals surface area (Å²) in [5.41, 5.74) is 0.955. The van der Waals surface area contributed by atoms with Crippen molar-refractivity contribution in [2.45, 2.75) is 26.3 Å². The number of aromatic nitrogens is 2. The maximum atomic E-state index is 10.9. The van der Waals surface area contributed by atoms with Gasteiger partial charge in [-0.25, -0.2) is 0 Å². The molecule has 1 aromatic rings. The molecule has 1 unspecified atom stereocenters. The van der Waals surface area contributed by atoms with Crippen LogP contribution in [-0.4, -0.2) is 22.9 Å². The number of carbonyl (C=O) groups excluding carboxylic acids is 1. The van der Waals surface area contributed by atoms with Gasteiger partial charge in [-0.1, -0.05) is 0 Å². The molecule has 0 saturated heterocycles. The van der Waals surface area contributed by atoms with Crippen molar-refractivity contribution in [3.05, 3.63) is 18.0 Å². The van der Waals surface area contributed by atoms with Crippen LogP contribution in [0.3, 0.4) is 0 Å². The van der Waals surface area contributed by atoms with E-state index in [0.29, 0.717) is 6.42 Å². The van der Waals surface area contributed by atoms with E-state index in [1.54, 1.807) is 4.68 Å². The van der Waals surface area contributed by atoms with E-state index in [4.69, 9.17) is 0 Å². The molecule has 1 aromatic heterocycles. The molecule has 0 amide bonds. The molecular formula is C9H14N2O2. The van der Waals surface area contributed by atoms with Gasteiger partial charge < -0.3 is 4.74 Å². The quantitative estimate of drug-likeness (QED) is 0.662. The van der Waals surface area contributed by atoms with Crippen molar-refractivity contribution < 1.29 is 9.53 Å². The van der Waals surface area contributed by atoms with Crippen LogP contribution in [0.4, 0.5) is 0 Å². The average Bonchev–Trinajstić information content (AvgIpc) is 2.51. The lowest BCUT2D eigenvalue weighted by atomic mass is 10.2. The summed E-state index contributed by atoms with van der Waals surface area (Å²) in [6.45, 7) is 3.85. The summed E-state index contributed by atoms with van der Waals surface area (Å²) in [6.07, 6.45) is 2.22. The van der Waals surface area contributed by atoms with Gasteiger partial charge in [-0.05, 0) is 19.9 Å². The molecule has 0 radical (unpaired) electrons. The fraction of sp³-hybridized carbons (Fsp3) is 0.556. The summed E-state index contributed by atoms with van der Waals surface area (Å²) in [5, 5.41) is 4.21. The molecule has 0 aliphatic heterocycles. The molecule has 0 bridgehead atoms. The SMILES string of the molecule is COC(=O)CC(C)n1ccc(C)n1. The second kappa shape index (κ2) is 4.07. The average molecular weight is 182 g/mol. The van der Waals surface area contributed by atoms with Crippen molar-refractivity contribution in [1.29, 1.82) is 0 Å². The van der Waals surface area contributed by atoms with Crippen LogP contribution in [0.15, 0.2) is 12.3 Å². The number of carbonyl (C=O) groups is 1. The van der Waals surface area contributed by atoms with E-state index in [1.807, 2.05) is 26.1 Å². The molecule has 4 nitrogen and oxygen atoms in total. The van der Waals surface area contributed by atoms with Gasteiger partial charge in [0.05, 0.1) is 25.3 Å². The first kappa shape index (κ1) is 9.77. The standard InChI is InChI=1S/C9H14N2O2/c1-7-4-5-11(10-7)8(2)6-9(12)13-3/h4-5,8H,6H2,1-3H3. The molecule has 1 rings (SSSR count). The molecule has 0 aromatic carbocycles. The Bertz CT molecular complexity index is 294. The lowest BCUT2D eigenvalue weighted by molar-refractivity contribution is -0.141. The first-order chi connectivity index (χ1) is 6.13. The van der Waals surface area contributed by atoms with E-state index in [-0.39, 0.29) is 12.0 Å². The first-order valence-corrected chi connectivity index (χ1v) is 4.22. The molecule has 0 saturated carbocycles. The molecule has 1 atom stereocenters. The zero-order valence-electron chi connectivity index (χ0n) is 8.15. The van der Waals surface area contributed by atoms with Gasteiger partial charge in [0.2, 0.25) is 0 Å². The van der Waals surface area contributed by atoms with Gasteiger partial charge >= 0.3 is 5.97 Å². The van der Waals surface area contributed by atoms with Crippen LogP contribution in [0.2, 0.25) is 0 Å². The van der Waals surface area contributed by atoms with E-state index in [0.717, 1.165) is 5.69 Å². The normalized spacial score (nSPS) is 12.5. The van der Waals surface area contributed by atoms with Crippen molar-refractivity contribution in [3.8, 4) is 0 Å². The predicted molar refractivity (Wildman–Crippen MR) is 48.3 cm³/mol. The summed E-state index contributed by atoms with van der Waals surface area (Å²) < 4.78 is 6.34. The van der Waals surface area contributed by atoms with Crippen LogP contribution in [0.1, 0.15) is 25.1 Å². The van der Waals surface area contributed by atoms with E-state index in [2.05, 4.69) is 9.84 Å². The Labute approximate surface area is 77.5 Å². The predicted octanol–water partition coefficient (Wildman–Crippen LogP) is 1.32. The minimum atomic E-state index is -0.208. The van der Waals surface area contributed by atoms with Crippen molar-refractivity contribution in [3.63, 3.8) is 0 Å². The van der Waals surface area contributed by atoms with Crippen molar-refractivity contribution >= 4 is 5.97 Å². The summed E-state index contributed by atoms with van der Waals surface area (Å²) in [7, 11) is 1.39. The fourth-order valence-corrected chi connectivity index (χ4v) is 1.10. The monoisotopic (exact) mass is 182 g/mol. The Hall–Kier alpha value is -1.32. The number of nitrogens with zero attached hydrogens (tertiary/aromatic N) is 2. The number of aryl methyl sites for hydroxylation is 1. The Morgan fingerprint density at radius 3 is 2.92 bits per heavy atom. The zero-order chi connectivity index (χ0) is 9.84. The smallest absolute Gasteiger partial charge is 0.307 e. The maximum absolute atomic E-state index is 10.9. The van der Waals surface area contributed by atoms with Crippen LogP contribution >= 0.6 is 0 Å². The molecular weight excluding hydrogens is 168 g/mol. The molecule has 0 aliphatic carbocycles. The van der Waals surface area contributed by atoms with E-state index in [1.165, 1.54) is 7.11 Å². The summed E-state index contributed by atoms with van der Waals surface area (Å²) in [6, 6.07) is 1.97. The Morgan fingerprint density at radius 2 is 2.46 bits per heavy atom. The van der Waals surface area contributed by atoms with Crippen molar-refractivity contribution in [1.82, 2.24) is 9.78 Å². The van der Waals surface area contributed by atoms with E-state index >= 15 is 0 Å². The molecule has 0 spiro atoms. The van der Waals surface area contributed by atoms with Gasteiger partial charge in [0.25, 0.3) is 0 Å². The Morgan fingerprint density at radius 1 is 1.77 bits per heavy atom. The number of ether oxygens (including phenoxy) is 1. The third-order valence-electron chi connectivity index (χ3n) is 1.88. The van der Waals surface area contributed by atoms with Crippen LogP contribution in [0, 0.1) is 6.92 Å². The largest absolute Gasteiger partial charge is 0.469 e. The third kappa shape index (κ3) is 2.57. The topological polar surface area (TPSA) is 44.1 Å². The van der Waals surface area contributed by atoms with Crippen LogP contribution in [0.5, 0.6) is 0 Å². The second-order valence-corrected chi connectivity index (χ2v) is 3.07. The van der Waals surface area contributed by atoms with Crippen molar-refractivity contribution in [2.75, 3.05) is 7.11 Å². The molecule has 72 valence electrons. The lowest BCUT2D eigenvalue weighted by Crippen LogP contribution is -2.12. The Kier molecular flexibility index (Phi) is 3.06. The highest BCUT2D eigenvalue weighted by molar-refractivity contribution is 5.69. The van der Waals surface area contributed by atoms with E-state index in [9.17, 15) is 4.79 Å². The van der Waals surface area contributed by atoms with Crippen LogP contribution in [0.25, 0.3) is 0 Å². The highest BCUT2D eigenvalue weighted by Crippen LogP contribution is 2.10. The van der Waals surface area contributed by atoms with Gasteiger partial charge in [-0.2, -0.15) is 5.10 Å². The highest BCUT2D eigenvalue weighted by Gasteiger charge is 2.10. The number of esters is 1. The maximum Gasteiger partial charge on any atom is 0.307 e. The number of rotatable bonds is 3. The summed E-state index contributed by atoms with van der Waals surface area (Å²) >= 11 is 0. The van der Waals surface area contributed by atoms with Gasteiger partial charge in [0.15, 0.2) is 0 Å². The minimum Gasteiger partial charge on any atom is -0.469 e. The molecule has 13 heavy (non-hydrogen) atoms. The highest BCUT2D eigenvalue weighted by atomic mass is 16.5. The first-order valence-electron chi connectivity index (χ1n) is 4.22. The zero-order valence-corrected chi connectivity index (χ0v) is 8.15. The lowest BCUT2D eigenvalue weighted by Gasteiger charge is -2.09. The number of methoxy groups -OCH3 is 1. The van der Waals surface area contributed by atoms with E-state index < -0.39 is 0 Å². The van der Waals surface area contributed by atoms with Gasteiger partial charge in [0.1, 0.15) is 0 Å². The summed E-state index contributed by atoms with van der Waals surface area (Å²) in [4.78, 5) is 10.9. The summed E-state index contributed by atoms with van der Waals surface area (Å²) in [5.74, 6) is -0.208. The molecule has 0 fully saturated rings. The third-order valence-corrected chi connectivity index (χ3v) is 1.88. The van der Waals surface area contributed by atoms with Gasteiger partial charge in [-0.15, -0.1) is 0 Å². The second-order valence-electron chi connectivity index (χ2n) is 3.07. The van der Waals surface area contributed by atoms with Gasteiger partial charge in [0, 0.05) is 6.20 Å². The van der Waals surface area contributed by atoms with Crippen LogP contribution in [-0.2, 0) is 9.53 Å². The molecule has 0 aliphatic rings. The Balaban J connectivity index is 2.58. The fourth-order valence-electron chi connectivity index (χ4n) is 1.10. The molecule has 1 heterocycles. The molecule has 0 N–H and O–H groups in total. The number of hydrogen-bond donors (Lipinski definition) is 0.